The van der Waals surface area contributed by atoms with E-state index in [-0.39, 0.29) is 0 Å². The Kier molecular flexibility index (Phi) is 2.18. The van der Waals surface area contributed by atoms with Crippen LogP contribution in [-0.4, -0.2) is 10.5 Å². The summed E-state index contributed by atoms with van der Waals surface area (Å²) in [4.78, 5) is 0.922. The van der Waals surface area contributed by atoms with E-state index in [1.54, 1.807) is 6.26 Å². The van der Waals surface area contributed by atoms with Gasteiger partial charge < -0.3 is 0 Å². The minimum absolute atomic E-state index is 0.922. The SMILES string of the molecule is CS(=O)c1ccc2ccc3cccc4ccc1c2c34. The molecule has 0 aromatic heterocycles. The van der Waals surface area contributed by atoms with Crippen LogP contribution in [0.5, 0.6) is 0 Å². The first-order valence-electron chi connectivity index (χ1n) is 6.26. The van der Waals surface area contributed by atoms with Crippen molar-refractivity contribution in [2.24, 2.45) is 0 Å². The second-order valence-corrected chi connectivity index (χ2v) is 6.22. The molecule has 0 fully saturated rings. The highest BCUT2D eigenvalue weighted by Crippen LogP contribution is 2.36. The average molecular weight is 264 g/mol. The molecule has 4 aromatic rings. The van der Waals surface area contributed by atoms with Gasteiger partial charge in [0.15, 0.2) is 0 Å². The van der Waals surface area contributed by atoms with E-state index >= 15 is 0 Å². The third-order valence-corrected chi connectivity index (χ3v) is 4.77. The van der Waals surface area contributed by atoms with Crippen LogP contribution < -0.4 is 0 Å². The summed E-state index contributed by atoms with van der Waals surface area (Å²) in [6.45, 7) is 0. The number of rotatable bonds is 1. The molecule has 0 aliphatic rings. The third-order valence-electron chi connectivity index (χ3n) is 3.80. The van der Waals surface area contributed by atoms with Crippen molar-refractivity contribution in [2.45, 2.75) is 4.90 Å². The van der Waals surface area contributed by atoms with Crippen LogP contribution in [-0.2, 0) is 10.8 Å². The summed E-state index contributed by atoms with van der Waals surface area (Å²) in [6, 6.07) is 18.9. The fraction of sp³-hybridized carbons (Fsp3) is 0.0588. The van der Waals surface area contributed by atoms with Crippen LogP contribution in [0.25, 0.3) is 32.3 Å². The second kappa shape index (κ2) is 3.78. The smallest absolute Gasteiger partial charge is 0.0504 e. The summed E-state index contributed by atoms with van der Waals surface area (Å²) >= 11 is 0. The Bertz CT molecular complexity index is 924. The van der Waals surface area contributed by atoms with E-state index < -0.39 is 10.8 Å². The van der Waals surface area contributed by atoms with E-state index in [1.807, 2.05) is 6.07 Å². The van der Waals surface area contributed by atoms with Gasteiger partial charge in [-0.1, -0.05) is 48.5 Å². The molecular weight excluding hydrogens is 252 g/mol. The van der Waals surface area contributed by atoms with E-state index in [1.165, 1.54) is 26.9 Å². The molecular formula is C17H12OS. The van der Waals surface area contributed by atoms with E-state index in [0.29, 0.717) is 0 Å². The summed E-state index contributed by atoms with van der Waals surface area (Å²) in [5.74, 6) is 0. The first-order valence-corrected chi connectivity index (χ1v) is 7.81. The van der Waals surface area contributed by atoms with Crippen LogP contribution in [0.15, 0.2) is 59.5 Å². The molecule has 4 rings (SSSR count). The van der Waals surface area contributed by atoms with Crippen molar-refractivity contribution in [1.29, 1.82) is 0 Å². The predicted molar refractivity (Wildman–Crippen MR) is 82.5 cm³/mol. The van der Waals surface area contributed by atoms with E-state index in [0.717, 1.165) is 10.3 Å². The van der Waals surface area contributed by atoms with Gasteiger partial charge in [-0.05, 0) is 38.4 Å². The Morgan fingerprint density at radius 2 is 1.32 bits per heavy atom. The van der Waals surface area contributed by atoms with Gasteiger partial charge in [-0.25, -0.2) is 0 Å². The van der Waals surface area contributed by atoms with Gasteiger partial charge in [-0.2, -0.15) is 0 Å². The highest BCUT2D eigenvalue weighted by atomic mass is 32.2. The molecule has 19 heavy (non-hydrogen) atoms. The van der Waals surface area contributed by atoms with Gasteiger partial charge in [0, 0.05) is 11.2 Å². The zero-order valence-corrected chi connectivity index (χ0v) is 11.3. The molecule has 92 valence electrons. The number of benzene rings is 4. The Labute approximate surface area is 113 Å². The molecule has 1 atom stereocenters. The molecule has 0 saturated heterocycles. The molecule has 4 aromatic carbocycles. The fourth-order valence-electron chi connectivity index (χ4n) is 2.96. The quantitative estimate of drug-likeness (QED) is 0.468. The lowest BCUT2D eigenvalue weighted by Crippen LogP contribution is -1.91. The number of hydrogen-bond acceptors (Lipinski definition) is 1. The minimum Gasteiger partial charge on any atom is -0.255 e. The van der Waals surface area contributed by atoms with Crippen LogP contribution in [0.4, 0.5) is 0 Å². The molecule has 0 spiro atoms. The lowest BCUT2D eigenvalue weighted by atomic mass is 9.94. The average Bonchev–Trinajstić information content (AvgIpc) is 2.44. The van der Waals surface area contributed by atoms with Crippen LogP contribution in [0.3, 0.4) is 0 Å². The highest BCUT2D eigenvalue weighted by Gasteiger charge is 2.11. The maximum atomic E-state index is 11.9. The molecule has 1 nitrogen and oxygen atoms in total. The zero-order chi connectivity index (χ0) is 13.0. The first-order chi connectivity index (χ1) is 9.25. The standard InChI is InChI=1S/C17H12OS/c1-19(18)15-10-8-13-6-5-11-3-2-4-12-7-9-14(15)17(13)16(11)12/h2-10H,1H3. The highest BCUT2D eigenvalue weighted by molar-refractivity contribution is 7.84. The predicted octanol–water partition coefficient (Wildman–Crippen LogP) is 4.32. The van der Waals surface area contributed by atoms with E-state index in [2.05, 4.69) is 48.5 Å². The largest absolute Gasteiger partial charge is 0.255 e. The molecule has 0 N–H and O–H groups in total. The second-order valence-electron chi connectivity index (χ2n) is 4.87. The van der Waals surface area contributed by atoms with Crippen LogP contribution in [0, 0.1) is 0 Å². The van der Waals surface area contributed by atoms with Gasteiger partial charge in [-0.3, -0.25) is 4.21 Å². The number of hydrogen-bond donors (Lipinski definition) is 0. The first kappa shape index (κ1) is 10.9. The summed E-state index contributed by atoms with van der Waals surface area (Å²) < 4.78 is 11.9. The van der Waals surface area contributed by atoms with Crippen molar-refractivity contribution in [3.05, 3.63) is 54.6 Å². The van der Waals surface area contributed by atoms with Gasteiger partial charge in [0.2, 0.25) is 0 Å². The summed E-state index contributed by atoms with van der Waals surface area (Å²) in [6.07, 6.45) is 1.74. The maximum Gasteiger partial charge on any atom is 0.0504 e. The Morgan fingerprint density at radius 1 is 0.737 bits per heavy atom. The van der Waals surface area contributed by atoms with Gasteiger partial charge in [0.1, 0.15) is 0 Å². The zero-order valence-electron chi connectivity index (χ0n) is 10.5. The van der Waals surface area contributed by atoms with Gasteiger partial charge >= 0.3 is 0 Å². The van der Waals surface area contributed by atoms with Crippen LogP contribution in [0.2, 0.25) is 0 Å². The molecule has 2 heteroatoms. The molecule has 0 aliphatic heterocycles. The summed E-state index contributed by atoms with van der Waals surface area (Å²) in [5.41, 5.74) is 0. The van der Waals surface area contributed by atoms with E-state index in [4.69, 9.17) is 0 Å². The van der Waals surface area contributed by atoms with Crippen molar-refractivity contribution in [1.82, 2.24) is 0 Å². The lowest BCUT2D eigenvalue weighted by Gasteiger charge is -2.12. The molecule has 0 radical (unpaired) electrons. The Hall–Kier alpha value is -1.93. The van der Waals surface area contributed by atoms with Crippen molar-refractivity contribution in [3.63, 3.8) is 0 Å². The van der Waals surface area contributed by atoms with E-state index in [9.17, 15) is 4.21 Å². The maximum absolute atomic E-state index is 11.9. The van der Waals surface area contributed by atoms with Crippen molar-refractivity contribution < 1.29 is 4.21 Å². The van der Waals surface area contributed by atoms with Crippen molar-refractivity contribution in [3.8, 4) is 0 Å². The Balaban J connectivity index is 2.38. The van der Waals surface area contributed by atoms with Gasteiger partial charge in [-0.15, -0.1) is 0 Å². The van der Waals surface area contributed by atoms with Crippen molar-refractivity contribution >= 4 is 43.1 Å². The topological polar surface area (TPSA) is 17.1 Å². The van der Waals surface area contributed by atoms with Crippen molar-refractivity contribution in [2.75, 3.05) is 6.26 Å². The van der Waals surface area contributed by atoms with Gasteiger partial charge in [0.25, 0.3) is 0 Å². The lowest BCUT2D eigenvalue weighted by molar-refractivity contribution is 0.687. The molecule has 0 bridgehead atoms. The molecule has 0 saturated carbocycles. The Morgan fingerprint density at radius 3 is 2.00 bits per heavy atom. The third kappa shape index (κ3) is 1.44. The molecule has 1 unspecified atom stereocenters. The minimum atomic E-state index is -0.961. The fourth-order valence-corrected chi connectivity index (χ4v) is 3.70. The van der Waals surface area contributed by atoms with Crippen LogP contribution in [0.1, 0.15) is 0 Å². The van der Waals surface area contributed by atoms with Crippen LogP contribution >= 0.6 is 0 Å². The summed E-state index contributed by atoms with van der Waals surface area (Å²) in [7, 11) is -0.961. The molecule has 0 amide bonds. The molecule has 0 aliphatic carbocycles. The molecule has 0 heterocycles. The monoisotopic (exact) mass is 264 g/mol. The normalized spacial score (nSPS) is 13.5. The summed E-state index contributed by atoms with van der Waals surface area (Å²) in [5, 5.41) is 7.34. The van der Waals surface area contributed by atoms with Gasteiger partial charge in [0.05, 0.1) is 10.8 Å².